The lowest BCUT2D eigenvalue weighted by Crippen LogP contribution is -2.58. The molecular weight excluding hydrogens is 431 g/mol. The third kappa shape index (κ3) is 6.14. The van der Waals surface area contributed by atoms with Gasteiger partial charge in [-0.1, -0.05) is 54.6 Å². The zero-order chi connectivity index (χ0) is 23.9. The quantitative estimate of drug-likeness (QED) is 0.477. The van der Waals surface area contributed by atoms with Crippen LogP contribution in [-0.4, -0.2) is 47.5 Å². The molecule has 0 spiro atoms. The number of carbonyl (C=O) groups is 1. The standard InChI is InChI=1S/C28H31FN2O3/c1-21-17-31(22(2)16-30(21)18-23-12-14-25(29)15-13-23)28(32)20-34-27-11-7-6-10-26(27)33-19-24-8-4-3-5-9-24/h3-15,21-22H,16-20H2,1-2H3/t21-,22+/m1/s1. The van der Waals surface area contributed by atoms with Gasteiger partial charge in [-0.15, -0.1) is 0 Å². The Kier molecular flexibility index (Phi) is 7.80. The second kappa shape index (κ2) is 11.2. The first-order chi connectivity index (χ1) is 16.5. The van der Waals surface area contributed by atoms with E-state index in [1.807, 2.05) is 71.6 Å². The molecule has 0 bridgehead atoms. The van der Waals surface area contributed by atoms with Crippen LogP contribution in [0.15, 0.2) is 78.9 Å². The van der Waals surface area contributed by atoms with Crippen LogP contribution in [0, 0.1) is 5.82 Å². The second-order valence-electron chi connectivity index (χ2n) is 8.81. The lowest BCUT2D eigenvalue weighted by molar-refractivity contribution is -0.139. The van der Waals surface area contributed by atoms with Crippen LogP contribution in [0.3, 0.4) is 0 Å². The van der Waals surface area contributed by atoms with E-state index in [0.717, 1.165) is 24.2 Å². The zero-order valence-corrected chi connectivity index (χ0v) is 19.7. The van der Waals surface area contributed by atoms with Crippen molar-refractivity contribution < 1.29 is 18.7 Å². The predicted molar refractivity (Wildman–Crippen MR) is 130 cm³/mol. The number of ether oxygens (including phenoxy) is 2. The van der Waals surface area contributed by atoms with Crippen LogP contribution in [0.5, 0.6) is 11.5 Å². The maximum absolute atomic E-state index is 13.2. The van der Waals surface area contributed by atoms with E-state index in [0.29, 0.717) is 24.7 Å². The number of para-hydroxylation sites is 2. The van der Waals surface area contributed by atoms with Gasteiger partial charge in [0.05, 0.1) is 0 Å². The van der Waals surface area contributed by atoms with Gasteiger partial charge in [0, 0.05) is 31.7 Å². The molecule has 0 aliphatic carbocycles. The van der Waals surface area contributed by atoms with E-state index in [4.69, 9.17) is 9.47 Å². The Labute approximate surface area is 200 Å². The van der Waals surface area contributed by atoms with Gasteiger partial charge >= 0.3 is 0 Å². The summed E-state index contributed by atoms with van der Waals surface area (Å²) in [7, 11) is 0. The van der Waals surface area contributed by atoms with Crippen molar-refractivity contribution in [1.29, 1.82) is 0 Å². The highest BCUT2D eigenvalue weighted by atomic mass is 19.1. The van der Waals surface area contributed by atoms with Gasteiger partial charge in [0.25, 0.3) is 5.91 Å². The molecule has 6 heteroatoms. The molecule has 0 aromatic heterocycles. The van der Waals surface area contributed by atoms with Gasteiger partial charge in [-0.05, 0) is 49.2 Å². The molecule has 1 amide bonds. The minimum atomic E-state index is -0.229. The van der Waals surface area contributed by atoms with Gasteiger partial charge in [-0.25, -0.2) is 4.39 Å². The fraction of sp³-hybridized carbons (Fsp3) is 0.321. The van der Waals surface area contributed by atoms with Crippen LogP contribution in [0.2, 0.25) is 0 Å². The van der Waals surface area contributed by atoms with Crippen LogP contribution in [-0.2, 0) is 17.9 Å². The second-order valence-corrected chi connectivity index (χ2v) is 8.81. The Morgan fingerprint density at radius 3 is 2.18 bits per heavy atom. The summed E-state index contributed by atoms with van der Waals surface area (Å²) in [6, 6.07) is 24.2. The summed E-state index contributed by atoms with van der Waals surface area (Å²) in [5.74, 6) is 0.901. The SMILES string of the molecule is C[C@@H]1CN(C(=O)COc2ccccc2OCc2ccccc2)[C@@H](C)CN1Cc1ccc(F)cc1. The maximum Gasteiger partial charge on any atom is 0.260 e. The number of nitrogens with zero attached hydrogens (tertiary/aromatic N) is 2. The van der Waals surface area contributed by atoms with Crippen molar-refractivity contribution in [3.63, 3.8) is 0 Å². The van der Waals surface area contributed by atoms with Gasteiger partial charge in [-0.3, -0.25) is 9.69 Å². The average Bonchev–Trinajstić information content (AvgIpc) is 2.85. The molecule has 178 valence electrons. The largest absolute Gasteiger partial charge is 0.485 e. The predicted octanol–water partition coefficient (Wildman–Crippen LogP) is 4.90. The van der Waals surface area contributed by atoms with Crippen molar-refractivity contribution in [2.75, 3.05) is 19.7 Å². The van der Waals surface area contributed by atoms with Gasteiger partial charge in [0.1, 0.15) is 12.4 Å². The van der Waals surface area contributed by atoms with E-state index in [1.165, 1.54) is 12.1 Å². The molecule has 4 rings (SSSR count). The topological polar surface area (TPSA) is 42.0 Å². The fourth-order valence-electron chi connectivity index (χ4n) is 4.24. The molecule has 34 heavy (non-hydrogen) atoms. The maximum atomic E-state index is 13.2. The van der Waals surface area contributed by atoms with Crippen LogP contribution in [0.1, 0.15) is 25.0 Å². The molecule has 1 aliphatic heterocycles. The highest BCUT2D eigenvalue weighted by molar-refractivity contribution is 5.78. The number of hydrogen-bond acceptors (Lipinski definition) is 4. The third-order valence-corrected chi connectivity index (χ3v) is 6.17. The van der Waals surface area contributed by atoms with E-state index in [-0.39, 0.29) is 30.4 Å². The van der Waals surface area contributed by atoms with Crippen LogP contribution >= 0.6 is 0 Å². The summed E-state index contributed by atoms with van der Waals surface area (Å²) in [4.78, 5) is 17.2. The molecule has 0 radical (unpaired) electrons. The van der Waals surface area contributed by atoms with Crippen molar-refractivity contribution in [3.8, 4) is 11.5 Å². The first-order valence-corrected chi connectivity index (χ1v) is 11.7. The summed E-state index contributed by atoms with van der Waals surface area (Å²) < 4.78 is 25.0. The monoisotopic (exact) mass is 462 g/mol. The molecule has 0 N–H and O–H groups in total. The molecule has 1 heterocycles. The van der Waals surface area contributed by atoms with E-state index in [9.17, 15) is 9.18 Å². The van der Waals surface area contributed by atoms with E-state index < -0.39 is 0 Å². The Balaban J connectivity index is 1.31. The molecule has 1 saturated heterocycles. The molecule has 0 saturated carbocycles. The molecule has 3 aromatic rings. The van der Waals surface area contributed by atoms with Crippen LogP contribution < -0.4 is 9.47 Å². The number of amides is 1. The summed E-state index contributed by atoms with van der Waals surface area (Å²) >= 11 is 0. The first-order valence-electron chi connectivity index (χ1n) is 11.7. The smallest absolute Gasteiger partial charge is 0.260 e. The summed E-state index contributed by atoms with van der Waals surface area (Å²) in [5.41, 5.74) is 2.13. The number of rotatable bonds is 8. The van der Waals surface area contributed by atoms with E-state index in [1.54, 1.807) is 0 Å². The Hall–Kier alpha value is -3.38. The van der Waals surface area contributed by atoms with Crippen molar-refractivity contribution in [3.05, 3.63) is 95.8 Å². The minimum absolute atomic E-state index is 0.0409. The lowest BCUT2D eigenvalue weighted by Gasteiger charge is -2.44. The van der Waals surface area contributed by atoms with E-state index >= 15 is 0 Å². The fourth-order valence-corrected chi connectivity index (χ4v) is 4.24. The summed E-state index contributed by atoms with van der Waals surface area (Å²) in [5, 5.41) is 0. The Morgan fingerprint density at radius 2 is 1.47 bits per heavy atom. The molecule has 2 atom stereocenters. The minimum Gasteiger partial charge on any atom is -0.485 e. The van der Waals surface area contributed by atoms with Crippen molar-refractivity contribution in [2.24, 2.45) is 0 Å². The molecule has 1 aliphatic rings. The third-order valence-electron chi connectivity index (χ3n) is 6.17. The highest BCUT2D eigenvalue weighted by Gasteiger charge is 2.32. The zero-order valence-electron chi connectivity index (χ0n) is 19.7. The van der Waals surface area contributed by atoms with Crippen molar-refractivity contribution in [2.45, 2.75) is 39.1 Å². The van der Waals surface area contributed by atoms with Gasteiger partial charge in [-0.2, -0.15) is 0 Å². The molecule has 3 aromatic carbocycles. The summed E-state index contributed by atoms with van der Waals surface area (Å²) in [6.07, 6.45) is 0. The molecule has 1 fully saturated rings. The Morgan fingerprint density at radius 1 is 0.824 bits per heavy atom. The van der Waals surface area contributed by atoms with E-state index in [2.05, 4.69) is 18.7 Å². The van der Waals surface area contributed by atoms with Gasteiger partial charge < -0.3 is 14.4 Å². The molecule has 0 unspecified atom stereocenters. The van der Waals surface area contributed by atoms with Crippen LogP contribution in [0.4, 0.5) is 4.39 Å². The number of benzene rings is 3. The highest BCUT2D eigenvalue weighted by Crippen LogP contribution is 2.27. The number of carbonyl (C=O) groups excluding carboxylic acids is 1. The number of piperazine rings is 1. The lowest BCUT2D eigenvalue weighted by atomic mass is 10.1. The van der Waals surface area contributed by atoms with Gasteiger partial charge in [0.15, 0.2) is 18.1 Å². The van der Waals surface area contributed by atoms with Gasteiger partial charge in [0.2, 0.25) is 0 Å². The first kappa shape index (κ1) is 23.8. The normalized spacial score (nSPS) is 18.5. The number of halogens is 1. The Bertz CT molecular complexity index is 1070. The molecular formula is C28H31FN2O3. The van der Waals surface area contributed by atoms with Crippen molar-refractivity contribution >= 4 is 5.91 Å². The van der Waals surface area contributed by atoms with Crippen LogP contribution in [0.25, 0.3) is 0 Å². The molecule has 5 nitrogen and oxygen atoms in total. The summed E-state index contributed by atoms with van der Waals surface area (Å²) in [6.45, 7) is 6.66. The van der Waals surface area contributed by atoms with Crippen molar-refractivity contribution in [1.82, 2.24) is 9.80 Å². The number of hydrogen-bond donors (Lipinski definition) is 0. The average molecular weight is 463 g/mol.